The number of nitrogens with zero attached hydrogens (tertiary/aromatic N) is 4. The standard InChI is InChI=1S/C20H18N4OS2/c1-13-6-7-15-17(12-13)27-20(22-15)24-10-8-23(9-11-24)19(25)18-21-14-4-2-3-5-16(14)26-18/h2-7,12H,8-11H2,1H3. The van der Waals surface area contributed by atoms with E-state index in [1.165, 1.54) is 21.6 Å². The van der Waals surface area contributed by atoms with Crippen LogP contribution in [0, 0.1) is 6.92 Å². The molecule has 0 atom stereocenters. The van der Waals surface area contributed by atoms with E-state index in [1.807, 2.05) is 29.2 Å². The first-order chi connectivity index (χ1) is 13.2. The van der Waals surface area contributed by atoms with Crippen molar-refractivity contribution in [3.8, 4) is 0 Å². The summed E-state index contributed by atoms with van der Waals surface area (Å²) in [5, 5.41) is 1.63. The van der Waals surface area contributed by atoms with Crippen molar-refractivity contribution in [1.29, 1.82) is 0 Å². The Balaban J connectivity index is 1.30. The molecule has 2 aromatic carbocycles. The van der Waals surface area contributed by atoms with Gasteiger partial charge in [0, 0.05) is 26.2 Å². The van der Waals surface area contributed by atoms with Crippen LogP contribution in [0.25, 0.3) is 20.4 Å². The van der Waals surface area contributed by atoms with Crippen LogP contribution >= 0.6 is 22.7 Å². The van der Waals surface area contributed by atoms with Crippen LogP contribution in [0.1, 0.15) is 15.4 Å². The number of hydrogen-bond donors (Lipinski definition) is 0. The van der Waals surface area contributed by atoms with Crippen LogP contribution < -0.4 is 4.90 Å². The number of amides is 1. The van der Waals surface area contributed by atoms with Gasteiger partial charge >= 0.3 is 0 Å². The van der Waals surface area contributed by atoms with Crippen molar-refractivity contribution in [3.05, 3.63) is 53.0 Å². The molecule has 1 aliphatic rings. The Morgan fingerprint density at radius 3 is 2.52 bits per heavy atom. The predicted molar refractivity (Wildman–Crippen MR) is 112 cm³/mol. The minimum Gasteiger partial charge on any atom is -0.345 e. The lowest BCUT2D eigenvalue weighted by atomic mass is 10.2. The van der Waals surface area contributed by atoms with Crippen molar-refractivity contribution in [2.75, 3.05) is 31.1 Å². The van der Waals surface area contributed by atoms with Crippen LogP contribution in [-0.2, 0) is 0 Å². The third-order valence-corrected chi connectivity index (χ3v) is 6.95. The van der Waals surface area contributed by atoms with Gasteiger partial charge in [-0.25, -0.2) is 9.97 Å². The van der Waals surface area contributed by atoms with Crippen molar-refractivity contribution in [3.63, 3.8) is 0 Å². The van der Waals surface area contributed by atoms with Crippen LogP contribution in [0.15, 0.2) is 42.5 Å². The van der Waals surface area contributed by atoms with Crippen molar-refractivity contribution in [2.24, 2.45) is 0 Å². The number of carbonyl (C=O) groups excluding carboxylic acids is 1. The molecular formula is C20H18N4OS2. The largest absolute Gasteiger partial charge is 0.345 e. The summed E-state index contributed by atoms with van der Waals surface area (Å²) in [6.45, 7) is 5.10. The number of thiazole rings is 2. The molecule has 0 bridgehead atoms. The normalized spacial score (nSPS) is 15.0. The van der Waals surface area contributed by atoms with Crippen LogP contribution in [0.3, 0.4) is 0 Å². The molecule has 2 aromatic heterocycles. The molecule has 4 aromatic rings. The third kappa shape index (κ3) is 3.07. The molecule has 0 N–H and O–H groups in total. The topological polar surface area (TPSA) is 49.3 Å². The van der Waals surface area contributed by atoms with Crippen LogP contribution in [-0.4, -0.2) is 47.0 Å². The quantitative estimate of drug-likeness (QED) is 0.512. The first-order valence-corrected chi connectivity index (χ1v) is 10.6. The summed E-state index contributed by atoms with van der Waals surface area (Å²) >= 11 is 3.20. The zero-order valence-corrected chi connectivity index (χ0v) is 16.5. The minimum atomic E-state index is 0.0378. The van der Waals surface area contributed by atoms with E-state index < -0.39 is 0 Å². The van der Waals surface area contributed by atoms with Gasteiger partial charge in [0.1, 0.15) is 0 Å². The molecule has 136 valence electrons. The number of benzene rings is 2. The zero-order valence-electron chi connectivity index (χ0n) is 14.9. The molecule has 7 heteroatoms. The number of hydrogen-bond acceptors (Lipinski definition) is 6. The molecule has 1 saturated heterocycles. The molecule has 0 spiro atoms. The Morgan fingerprint density at radius 1 is 0.926 bits per heavy atom. The van der Waals surface area contributed by atoms with Gasteiger partial charge in [-0.15, -0.1) is 11.3 Å². The second-order valence-corrected chi connectivity index (χ2v) is 8.77. The maximum Gasteiger partial charge on any atom is 0.282 e. The van der Waals surface area contributed by atoms with Gasteiger partial charge in [0.25, 0.3) is 5.91 Å². The van der Waals surface area contributed by atoms with E-state index in [1.54, 1.807) is 11.3 Å². The summed E-state index contributed by atoms with van der Waals surface area (Å²) in [6, 6.07) is 14.3. The van der Waals surface area contributed by atoms with E-state index in [4.69, 9.17) is 4.98 Å². The van der Waals surface area contributed by atoms with E-state index in [9.17, 15) is 4.79 Å². The highest BCUT2D eigenvalue weighted by Gasteiger charge is 2.25. The Hall–Kier alpha value is -2.51. The van der Waals surface area contributed by atoms with Crippen molar-refractivity contribution < 1.29 is 4.79 Å². The summed E-state index contributed by atoms with van der Waals surface area (Å²) in [4.78, 5) is 26.3. The average molecular weight is 395 g/mol. The SMILES string of the molecule is Cc1ccc2nc(N3CCN(C(=O)c4nc5ccccc5s4)CC3)sc2c1. The molecule has 1 fully saturated rings. The first-order valence-electron chi connectivity index (χ1n) is 8.94. The predicted octanol–water partition coefficient (Wildman–Crippen LogP) is 4.18. The van der Waals surface area contributed by atoms with Gasteiger partial charge in [-0.1, -0.05) is 29.5 Å². The van der Waals surface area contributed by atoms with E-state index in [2.05, 4.69) is 35.0 Å². The van der Waals surface area contributed by atoms with Gasteiger partial charge in [-0.05, 0) is 36.8 Å². The molecule has 5 rings (SSSR count). The number of piperazine rings is 1. The fraction of sp³-hybridized carbons (Fsp3) is 0.250. The smallest absolute Gasteiger partial charge is 0.282 e. The highest BCUT2D eigenvalue weighted by molar-refractivity contribution is 7.22. The summed E-state index contributed by atoms with van der Waals surface area (Å²) in [5.41, 5.74) is 3.20. The van der Waals surface area contributed by atoms with E-state index in [0.717, 1.165) is 34.0 Å². The Kier molecular flexibility index (Phi) is 4.06. The number of para-hydroxylation sites is 1. The van der Waals surface area contributed by atoms with Crippen LogP contribution in [0.5, 0.6) is 0 Å². The number of aryl methyl sites for hydroxylation is 1. The lowest BCUT2D eigenvalue weighted by Crippen LogP contribution is -2.48. The van der Waals surface area contributed by atoms with E-state index in [0.29, 0.717) is 18.1 Å². The van der Waals surface area contributed by atoms with Crippen LogP contribution in [0.4, 0.5) is 5.13 Å². The molecule has 1 amide bonds. The van der Waals surface area contributed by atoms with E-state index in [-0.39, 0.29) is 5.91 Å². The first kappa shape index (κ1) is 16.6. The zero-order chi connectivity index (χ0) is 18.4. The maximum atomic E-state index is 12.8. The Morgan fingerprint density at radius 2 is 1.70 bits per heavy atom. The number of anilines is 1. The monoisotopic (exact) mass is 394 g/mol. The Labute approximate surface area is 164 Å². The van der Waals surface area contributed by atoms with Gasteiger partial charge in [-0.2, -0.15) is 0 Å². The molecule has 27 heavy (non-hydrogen) atoms. The van der Waals surface area contributed by atoms with Crippen LogP contribution in [0.2, 0.25) is 0 Å². The van der Waals surface area contributed by atoms with Gasteiger partial charge in [0.2, 0.25) is 0 Å². The maximum absolute atomic E-state index is 12.8. The van der Waals surface area contributed by atoms with Crippen molar-refractivity contribution in [2.45, 2.75) is 6.92 Å². The van der Waals surface area contributed by atoms with Gasteiger partial charge in [0.15, 0.2) is 10.1 Å². The second-order valence-electron chi connectivity index (χ2n) is 6.73. The van der Waals surface area contributed by atoms with Gasteiger partial charge in [0.05, 0.1) is 20.4 Å². The summed E-state index contributed by atoms with van der Waals surface area (Å²) in [5.74, 6) is 0.0378. The molecular weight excluding hydrogens is 376 g/mol. The molecule has 0 radical (unpaired) electrons. The van der Waals surface area contributed by atoms with Crippen molar-refractivity contribution >= 4 is 54.1 Å². The number of carbonyl (C=O) groups is 1. The number of rotatable bonds is 2. The Bertz CT molecular complexity index is 1110. The lowest BCUT2D eigenvalue weighted by molar-refractivity contribution is 0.0746. The molecule has 1 aliphatic heterocycles. The number of aromatic nitrogens is 2. The molecule has 5 nitrogen and oxygen atoms in total. The van der Waals surface area contributed by atoms with Gasteiger partial charge in [-0.3, -0.25) is 4.79 Å². The molecule has 3 heterocycles. The summed E-state index contributed by atoms with van der Waals surface area (Å²) in [7, 11) is 0. The van der Waals surface area contributed by atoms with E-state index >= 15 is 0 Å². The summed E-state index contributed by atoms with van der Waals surface area (Å²) < 4.78 is 2.28. The third-order valence-electron chi connectivity index (χ3n) is 4.85. The number of fused-ring (bicyclic) bond motifs is 2. The highest BCUT2D eigenvalue weighted by atomic mass is 32.1. The molecule has 0 unspecified atom stereocenters. The molecule has 0 aliphatic carbocycles. The average Bonchev–Trinajstić information content (AvgIpc) is 3.31. The summed E-state index contributed by atoms with van der Waals surface area (Å²) in [6.07, 6.45) is 0. The fourth-order valence-electron chi connectivity index (χ4n) is 3.35. The fourth-order valence-corrected chi connectivity index (χ4v) is 5.40. The lowest BCUT2D eigenvalue weighted by Gasteiger charge is -2.34. The minimum absolute atomic E-state index is 0.0378. The van der Waals surface area contributed by atoms with Gasteiger partial charge < -0.3 is 9.80 Å². The second kappa shape index (κ2) is 6.58. The highest BCUT2D eigenvalue weighted by Crippen LogP contribution is 2.30. The molecule has 0 saturated carbocycles. The van der Waals surface area contributed by atoms with Crippen molar-refractivity contribution in [1.82, 2.24) is 14.9 Å².